The quantitative estimate of drug-likeness (QED) is 0.853. The van der Waals surface area contributed by atoms with Gasteiger partial charge in [0.15, 0.2) is 0 Å². The third-order valence-corrected chi connectivity index (χ3v) is 4.47. The van der Waals surface area contributed by atoms with E-state index in [-0.39, 0.29) is 6.04 Å². The minimum atomic E-state index is -4.25. The van der Waals surface area contributed by atoms with E-state index >= 15 is 0 Å². The number of halogens is 3. The van der Waals surface area contributed by atoms with Gasteiger partial charge < -0.3 is 5.32 Å². The molecular weight excluding hydrogens is 265 g/mol. The summed E-state index contributed by atoms with van der Waals surface area (Å²) in [5.41, 5.74) is 1.44. The molecule has 0 saturated carbocycles. The van der Waals surface area contributed by atoms with E-state index in [0.29, 0.717) is 6.04 Å². The van der Waals surface area contributed by atoms with Crippen molar-refractivity contribution >= 4 is 0 Å². The molecule has 3 rings (SSSR count). The Hall–Kier alpha value is -1.07. The average Bonchev–Trinajstić information content (AvgIpc) is 2.81. The van der Waals surface area contributed by atoms with Crippen LogP contribution in [0.2, 0.25) is 0 Å². The Morgan fingerprint density at radius 3 is 2.80 bits per heavy atom. The molecular formula is C15H19F3N2. The number of nitrogens with one attached hydrogen (secondary N) is 1. The predicted molar refractivity (Wildman–Crippen MR) is 71.5 cm³/mol. The zero-order valence-electron chi connectivity index (χ0n) is 11.5. The van der Waals surface area contributed by atoms with Crippen molar-refractivity contribution in [1.82, 2.24) is 10.2 Å². The SMILES string of the molecule is CC1CNCCN1C1CCc2ccc(C(F)(F)F)cc21. The largest absolute Gasteiger partial charge is 0.416 e. The van der Waals surface area contributed by atoms with E-state index in [4.69, 9.17) is 0 Å². The number of aryl methyl sites for hydroxylation is 1. The molecule has 0 aromatic heterocycles. The number of piperazine rings is 1. The first kappa shape index (κ1) is 13.9. The van der Waals surface area contributed by atoms with Gasteiger partial charge in [-0.25, -0.2) is 0 Å². The molecule has 2 nitrogen and oxygen atoms in total. The van der Waals surface area contributed by atoms with Crippen LogP contribution in [0, 0.1) is 0 Å². The second-order valence-electron chi connectivity index (χ2n) is 5.76. The predicted octanol–water partition coefficient (Wildman–Crippen LogP) is 2.99. The van der Waals surface area contributed by atoms with Crippen molar-refractivity contribution in [1.29, 1.82) is 0 Å². The highest BCUT2D eigenvalue weighted by molar-refractivity contribution is 5.39. The smallest absolute Gasteiger partial charge is 0.314 e. The van der Waals surface area contributed by atoms with Crippen LogP contribution in [0.5, 0.6) is 0 Å². The standard InChI is InChI=1S/C15H19F3N2/c1-10-9-19-6-7-20(10)14-5-3-11-2-4-12(8-13(11)14)15(16,17)18/h2,4,8,10,14,19H,3,5-7,9H2,1H3. The summed E-state index contributed by atoms with van der Waals surface area (Å²) < 4.78 is 38.6. The van der Waals surface area contributed by atoms with E-state index in [1.807, 2.05) is 0 Å². The Balaban J connectivity index is 1.92. The van der Waals surface area contributed by atoms with Crippen molar-refractivity contribution in [2.75, 3.05) is 19.6 Å². The highest BCUT2D eigenvalue weighted by atomic mass is 19.4. The molecule has 1 aromatic rings. The summed E-state index contributed by atoms with van der Waals surface area (Å²) in [4.78, 5) is 2.35. The van der Waals surface area contributed by atoms with Gasteiger partial charge in [0.1, 0.15) is 0 Å². The molecule has 2 unspecified atom stereocenters. The number of hydrogen-bond acceptors (Lipinski definition) is 2. The molecule has 1 N–H and O–H groups in total. The van der Waals surface area contributed by atoms with Gasteiger partial charge in [0.25, 0.3) is 0 Å². The van der Waals surface area contributed by atoms with Crippen LogP contribution >= 0.6 is 0 Å². The zero-order chi connectivity index (χ0) is 14.3. The molecule has 110 valence electrons. The lowest BCUT2D eigenvalue weighted by molar-refractivity contribution is -0.137. The molecule has 1 aliphatic carbocycles. The molecule has 0 amide bonds. The molecule has 5 heteroatoms. The molecule has 2 aliphatic rings. The van der Waals surface area contributed by atoms with Crippen molar-refractivity contribution in [3.8, 4) is 0 Å². The van der Waals surface area contributed by atoms with Gasteiger partial charge in [-0.05, 0) is 43.0 Å². The molecule has 1 saturated heterocycles. The Labute approximate surface area is 117 Å². The molecule has 0 spiro atoms. The zero-order valence-corrected chi connectivity index (χ0v) is 11.5. The first-order valence-electron chi connectivity index (χ1n) is 7.13. The number of benzene rings is 1. The first-order chi connectivity index (χ1) is 9.47. The normalized spacial score (nSPS) is 27.6. The summed E-state index contributed by atoms with van der Waals surface area (Å²) in [6.45, 7) is 4.86. The number of rotatable bonds is 1. The van der Waals surface area contributed by atoms with Crippen molar-refractivity contribution in [2.45, 2.75) is 38.0 Å². The molecule has 1 heterocycles. The minimum absolute atomic E-state index is 0.143. The maximum atomic E-state index is 12.9. The van der Waals surface area contributed by atoms with E-state index in [1.54, 1.807) is 6.07 Å². The highest BCUT2D eigenvalue weighted by Crippen LogP contribution is 2.40. The second-order valence-corrected chi connectivity index (χ2v) is 5.76. The monoisotopic (exact) mass is 284 g/mol. The molecule has 0 bridgehead atoms. The Bertz CT molecular complexity index is 498. The topological polar surface area (TPSA) is 15.3 Å². The van der Waals surface area contributed by atoms with Gasteiger partial charge in [0.2, 0.25) is 0 Å². The number of fused-ring (bicyclic) bond motifs is 1. The third-order valence-electron chi connectivity index (χ3n) is 4.47. The number of alkyl halides is 3. The fourth-order valence-electron chi connectivity index (χ4n) is 3.42. The van der Waals surface area contributed by atoms with E-state index < -0.39 is 11.7 Å². The molecule has 20 heavy (non-hydrogen) atoms. The van der Waals surface area contributed by atoms with Gasteiger partial charge in [-0.15, -0.1) is 0 Å². The van der Waals surface area contributed by atoms with Crippen LogP contribution < -0.4 is 5.32 Å². The maximum Gasteiger partial charge on any atom is 0.416 e. The molecule has 2 atom stereocenters. The average molecular weight is 284 g/mol. The van der Waals surface area contributed by atoms with Crippen LogP contribution in [0.25, 0.3) is 0 Å². The lowest BCUT2D eigenvalue weighted by atomic mass is 10.0. The fourth-order valence-corrected chi connectivity index (χ4v) is 3.42. The van der Waals surface area contributed by atoms with E-state index in [1.165, 1.54) is 12.1 Å². The van der Waals surface area contributed by atoms with Gasteiger partial charge in [0, 0.05) is 31.7 Å². The van der Waals surface area contributed by atoms with Crippen LogP contribution in [0.4, 0.5) is 13.2 Å². The van der Waals surface area contributed by atoms with Crippen molar-refractivity contribution in [2.24, 2.45) is 0 Å². The summed E-state index contributed by atoms with van der Waals surface area (Å²) in [7, 11) is 0. The molecule has 0 radical (unpaired) electrons. The third kappa shape index (κ3) is 2.44. The lowest BCUT2D eigenvalue weighted by Gasteiger charge is -2.39. The van der Waals surface area contributed by atoms with Crippen LogP contribution in [-0.4, -0.2) is 30.6 Å². The molecule has 1 aromatic carbocycles. The van der Waals surface area contributed by atoms with Crippen molar-refractivity contribution in [3.05, 3.63) is 34.9 Å². The van der Waals surface area contributed by atoms with E-state index in [9.17, 15) is 13.2 Å². The molecule has 1 fully saturated rings. The number of nitrogens with zero attached hydrogens (tertiary/aromatic N) is 1. The Kier molecular flexibility index (Phi) is 3.50. The summed E-state index contributed by atoms with van der Waals surface area (Å²) in [5.74, 6) is 0. The van der Waals surface area contributed by atoms with Crippen LogP contribution in [0.1, 0.15) is 36.1 Å². The maximum absolute atomic E-state index is 12.9. The number of hydrogen-bond donors (Lipinski definition) is 1. The van der Waals surface area contributed by atoms with Crippen molar-refractivity contribution in [3.63, 3.8) is 0 Å². The highest BCUT2D eigenvalue weighted by Gasteiger charge is 2.36. The first-order valence-corrected chi connectivity index (χ1v) is 7.13. The minimum Gasteiger partial charge on any atom is -0.314 e. The Morgan fingerprint density at radius 2 is 2.10 bits per heavy atom. The lowest BCUT2D eigenvalue weighted by Crippen LogP contribution is -2.50. The van der Waals surface area contributed by atoms with Gasteiger partial charge in [-0.3, -0.25) is 4.90 Å². The van der Waals surface area contributed by atoms with Gasteiger partial charge in [-0.2, -0.15) is 13.2 Å². The van der Waals surface area contributed by atoms with Gasteiger partial charge in [0.05, 0.1) is 5.56 Å². The summed E-state index contributed by atoms with van der Waals surface area (Å²) >= 11 is 0. The van der Waals surface area contributed by atoms with Gasteiger partial charge >= 0.3 is 6.18 Å². The van der Waals surface area contributed by atoms with E-state index in [0.717, 1.165) is 43.6 Å². The van der Waals surface area contributed by atoms with Crippen LogP contribution in [0.15, 0.2) is 18.2 Å². The summed E-state index contributed by atoms with van der Waals surface area (Å²) in [6.07, 6.45) is -2.44. The van der Waals surface area contributed by atoms with E-state index in [2.05, 4.69) is 17.1 Å². The van der Waals surface area contributed by atoms with Crippen LogP contribution in [0.3, 0.4) is 0 Å². The van der Waals surface area contributed by atoms with Gasteiger partial charge in [-0.1, -0.05) is 6.07 Å². The summed E-state index contributed by atoms with van der Waals surface area (Å²) in [5, 5.41) is 3.33. The van der Waals surface area contributed by atoms with Crippen LogP contribution in [-0.2, 0) is 12.6 Å². The molecule has 1 aliphatic heterocycles. The fraction of sp³-hybridized carbons (Fsp3) is 0.600. The van der Waals surface area contributed by atoms with Crippen molar-refractivity contribution < 1.29 is 13.2 Å². The summed E-state index contributed by atoms with van der Waals surface area (Å²) in [6, 6.07) is 4.74. The Morgan fingerprint density at radius 1 is 1.30 bits per heavy atom. The second kappa shape index (κ2) is 5.04.